The zero-order valence-electron chi connectivity index (χ0n) is 20.7. The molecule has 3 heterocycles. The number of carbonyl (C=O) groups excluding carboxylic acids is 2. The van der Waals surface area contributed by atoms with Gasteiger partial charge in [0, 0.05) is 29.6 Å². The molecule has 35 heavy (non-hydrogen) atoms. The van der Waals surface area contributed by atoms with Crippen LogP contribution in [-0.4, -0.2) is 83.0 Å². The van der Waals surface area contributed by atoms with Crippen LogP contribution in [0.25, 0.3) is 10.9 Å². The molecule has 184 valence electrons. The van der Waals surface area contributed by atoms with E-state index in [0.29, 0.717) is 13.0 Å². The molecule has 0 radical (unpaired) electrons. The largest absolute Gasteiger partial charge is 0.508 e. The van der Waals surface area contributed by atoms with Gasteiger partial charge in [0.05, 0.1) is 19.7 Å². The van der Waals surface area contributed by atoms with Crippen molar-refractivity contribution in [3.8, 4) is 11.5 Å². The summed E-state index contributed by atoms with van der Waals surface area (Å²) in [6.07, 6.45) is 1.20. The topological polar surface area (TPSA) is 89.1 Å². The van der Waals surface area contributed by atoms with Gasteiger partial charge in [0.25, 0.3) is 0 Å². The van der Waals surface area contributed by atoms with Gasteiger partial charge in [0.2, 0.25) is 11.8 Å². The van der Waals surface area contributed by atoms with E-state index in [1.165, 1.54) is 0 Å². The van der Waals surface area contributed by atoms with E-state index in [-0.39, 0.29) is 24.1 Å². The van der Waals surface area contributed by atoms with Crippen LogP contribution < -0.4 is 4.74 Å². The Morgan fingerprint density at radius 2 is 2.00 bits per heavy atom. The molecule has 0 aliphatic carbocycles. The van der Waals surface area contributed by atoms with Crippen molar-refractivity contribution in [1.29, 1.82) is 0 Å². The molecule has 0 spiro atoms. The van der Waals surface area contributed by atoms with Gasteiger partial charge >= 0.3 is 0 Å². The number of piperazine rings is 1. The van der Waals surface area contributed by atoms with Gasteiger partial charge in [-0.3, -0.25) is 9.59 Å². The van der Waals surface area contributed by atoms with Gasteiger partial charge in [0.15, 0.2) is 0 Å². The first-order chi connectivity index (χ1) is 16.7. The minimum Gasteiger partial charge on any atom is -0.508 e. The Labute approximate surface area is 205 Å². The number of aromatic hydroxyl groups is 1. The minimum absolute atomic E-state index is 0.0381. The van der Waals surface area contributed by atoms with Crippen molar-refractivity contribution in [3.63, 3.8) is 0 Å². The van der Waals surface area contributed by atoms with E-state index in [0.717, 1.165) is 46.4 Å². The number of hydrogen-bond acceptors (Lipinski definition) is 5. The number of nitrogens with one attached hydrogen (secondary N) is 1. The molecular weight excluding hydrogens is 444 g/mol. The molecule has 2 amide bonds. The standard InChI is InChI=1S/C27H32N4O4/c1-27-15-21-20-14-19(35-4)9-10-22(20)28-24(21)25(17-7-5-8-18(32)13-17)31(27)23(33)16-30(26(27)34)12-6-11-29(2)3/h5,7-10,13-14,25,28,32H,6,11-12,15-16H2,1-4H3. The van der Waals surface area contributed by atoms with Gasteiger partial charge < -0.3 is 29.5 Å². The number of methoxy groups -OCH3 is 1. The Morgan fingerprint density at radius 1 is 1.20 bits per heavy atom. The molecule has 2 unspecified atom stereocenters. The monoisotopic (exact) mass is 476 g/mol. The summed E-state index contributed by atoms with van der Waals surface area (Å²) >= 11 is 0. The zero-order valence-corrected chi connectivity index (χ0v) is 20.7. The van der Waals surface area contributed by atoms with Crippen LogP contribution in [0.2, 0.25) is 0 Å². The van der Waals surface area contributed by atoms with Gasteiger partial charge in [-0.05, 0) is 75.4 Å². The third kappa shape index (κ3) is 3.82. The molecule has 2 aliphatic rings. The van der Waals surface area contributed by atoms with Gasteiger partial charge in [-0.25, -0.2) is 0 Å². The SMILES string of the molecule is COc1ccc2[nH]c3c(c2c1)CC1(C)C(=O)N(CCCN(C)C)CC(=O)N1C3c1cccc(O)c1. The molecule has 2 aromatic carbocycles. The second kappa shape index (κ2) is 8.61. The number of carbonyl (C=O) groups is 2. The number of phenolic OH excluding ortho intramolecular Hbond substituents is 1. The average molecular weight is 477 g/mol. The third-order valence-corrected chi connectivity index (χ3v) is 7.29. The Morgan fingerprint density at radius 3 is 2.71 bits per heavy atom. The van der Waals surface area contributed by atoms with Crippen LogP contribution >= 0.6 is 0 Å². The zero-order chi connectivity index (χ0) is 24.9. The lowest BCUT2D eigenvalue weighted by Gasteiger charge is -2.53. The van der Waals surface area contributed by atoms with E-state index < -0.39 is 11.6 Å². The number of aromatic amines is 1. The molecule has 0 saturated carbocycles. The molecular formula is C27H32N4O4. The highest BCUT2D eigenvalue weighted by molar-refractivity contribution is 6.00. The molecule has 1 aromatic heterocycles. The number of aromatic nitrogens is 1. The fourth-order valence-corrected chi connectivity index (χ4v) is 5.66. The van der Waals surface area contributed by atoms with E-state index in [1.54, 1.807) is 35.1 Å². The van der Waals surface area contributed by atoms with Crippen molar-refractivity contribution >= 4 is 22.7 Å². The number of hydrogen-bond donors (Lipinski definition) is 2. The van der Waals surface area contributed by atoms with Crippen LogP contribution in [0.4, 0.5) is 0 Å². The predicted molar refractivity (Wildman–Crippen MR) is 134 cm³/mol. The summed E-state index contributed by atoms with van der Waals surface area (Å²) in [6, 6.07) is 12.3. The highest BCUT2D eigenvalue weighted by atomic mass is 16.5. The first-order valence-electron chi connectivity index (χ1n) is 12.0. The second-order valence-electron chi connectivity index (χ2n) is 10.0. The van der Waals surface area contributed by atoms with Crippen molar-refractivity contribution in [2.75, 3.05) is 40.8 Å². The lowest BCUT2D eigenvalue weighted by molar-refractivity contribution is -0.167. The number of phenols is 1. The highest BCUT2D eigenvalue weighted by Crippen LogP contribution is 2.47. The Balaban J connectivity index is 1.66. The van der Waals surface area contributed by atoms with Crippen molar-refractivity contribution in [2.24, 2.45) is 0 Å². The summed E-state index contributed by atoms with van der Waals surface area (Å²) in [5.74, 6) is 0.725. The number of H-pyrrole nitrogens is 1. The quantitative estimate of drug-likeness (QED) is 0.571. The maximum Gasteiger partial charge on any atom is 0.249 e. The fraction of sp³-hybridized carbons (Fsp3) is 0.407. The minimum atomic E-state index is -1.05. The van der Waals surface area contributed by atoms with Crippen molar-refractivity contribution < 1.29 is 19.4 Å². The Hall–Kier alpha value is -3.52. The normalized spacial score (nSPS) is 22.0. The molecule has 3 aromatic rings. The highest BCUT2D eigenvalue weighted by Gasteiger charge is 2.55. The summed E-state index contributed by atoms with van der Waals surface area (Å²) in [6.45, 7) is 3.32. The average Bonchev–Trinajstić information content (AvgIpc) is 3.17. The molecule has 1 saturated heterocycles. The summed E-state index contributed by atoms with van der Waals surface area (Å²) in [5, 5.41) is 11.2. The number of fused-ring (bicyclic) bond motifs is 4. The van der Waals surface area contributed by atoms with Gasteiger partial charge in [-0.2, -0.15) is 0 Å². The van der Waals surface area contributed by atoms with Crippen molar-refractivity contribution in [1.82, 2.24) is 19.7 Å². The lowest BCUT2D eigenvalue weighted by Crippen LogP contribution is -2.69. The number of amides is 2. The third-order valence-electron chi connectivity index (χ3n) is 7.29. The first-order valence-corrected chi connectivity index (χ1v) is 12.0. The molecule has 5 rings (SSSR count). The number of nitrogens with zero attached hydrogens (tertiary/aromatic N) is 3. The molecule has 8 nitrogen and oxygen atoms in total. The molecule has 8 heteroatoms. The van der Waals surface area contributed by atoms with Crippen LogP contribution in [-0.2, 0) is 16.0 Å². The van der Waals surface area contributed by atoms with Crippen molar-refractivity contribution in [2.45, 2.75) is 31.3 Å². The van der Waals surface area contributed by atoms with Crippen LogP contribution in [0.3, 0.4) is 0 Å². The number of ether oxygens (including phenoxy) is 1. The number of rotatable bonds is 6. The molecule has 1 fully saturated rings. The van der Waals surface area contributed by atoms with Gasteiger partial charge in [-0.1, -0.05) is 12.1 Å². The molecule has 2 atom stereocenters. The fourth-order valence-electron chi connectivity index (χ4n) is 5.66. The van der Waals surface area contributed by atoms with Crippen LogP contribution in [0.1, 0.15) is 36.2 Å². The van der Waals surface area contributed by atoms with Crippen LogP contribution in [0.5, 0.6) is 11.5 Å². The second-order valence-corrected chi connectivity index (χ2v) is 10.0. The Kier molecular flexibility index (Phi) is 5.71. The maximum absolute atomic E-state index is 14.0. The predicted octanol–water partition coefficient (Wildman–Crippen LogP) is 2.91. The van der Waals surface area contributed by atoms with E-state index in [4.69, 9.17) is 4.74 Å². The lowest BCUT2D eigenvalue weighted by atomic mass is 9.78. The summed E-state index contributed by atoms with van der Waals surface area (Å²) in [7, 11) is 5.63. The number of benzene rings is 2. The molecule has 0 bridgehead atoms. The van der Waals surface area contributed by atoms with Gasteiger partial charge in [-0.15, -0.1) is 0 Å². The Bertz CT molecular complexity index is 1300. The van der Waals surface area contributed by atoms with Gasteiger partial charge in [0.1, 0.15) is 17.0 Å². The molecule has 2 N–H and O–H groups in total. The molecule has 2 aliphatic heterocycles. The van der Waals surface area contributed by atoms with E-state index in [1.807, 2.05) is 45.3 Å². The van der Waals surface area contributed by atoms with Crippen molar-refractivity contribution in [3.05, 3.63) is 59.3 Å². The summed E-state index contributed by atoms with van der Waals surface area (Å²) in [4.78, 5) is 36.7. The van der Waals surface area contributed by atoms with Crippen LogP contribution in [0, 0.1) is 0 Å². The van der Waals surface area contributed by atoms with E-state index in [2.05, 4.69) is 9.88 Å². The summed E-state index contributed by atoms with van der Waals surface area (Å²) in [5.41, 5.74) is 2.51. The van der Waals surface area contributed by atoms with E-state index >= 15 is 0 Å². The van der Waals surface area contributed by atoms with E-state index in [9.17, 15) is 14.7 Å². The first kappa shape index (κ1) is 23.2. The summed E-state index contributed by atoms with van der Waals surface area (Å²) < 4.78 is 5.47. The maximum atomic E-state index is 14.0. The smallest absolute Gasteiger partial charge is 0.249 e. The van der Waals surface area contributed by atoms with Crippen LogP contribution in [0.15, 0.2) is 42.5 Å².